The van der Waals surface area contributed by atoms with Crippen LogP contribution in [0.25, 0.3) is 0 Å². The third-order valence-electron chi connectivity index (χ3n) is 4.69. The highest BCUT2D eigenvalue weighted by Crippen LogP contribution is 2.33. The van der Waals surface area contributed by atoms with Crippen molar-refractivity contribution in [3.63, 3.8) is 0 Å². The minimum atomic E-state index is -0.410. The molecule has 2 aromatic rings. The van der Waals surface area contributed by atoms with E-state index in [2.05, 4.69) is 10.6 Å². The van der Waals surface area contributed by atoms with Gasteiger partial charge in [0, 0.05) is 36.0 Å². The van der Waals surface area contributed by atoms with Crippen LogP contribution in [0.2, 0.25) is 0 Å². The van der Waals surface area contributed by atoms with Gasteiger partial charge in [0.15, 0.2) is 17.3 Å². The SMILES string of the molecule is COc1ccc(N2CC(NC(=O)Nc3ccc(C(C)=O)cc3)CC2=O)cc1OC. The van der Waals surface area contributed by atoms with Gasteiger partial charge in [0.2, 0.25) is 5.91 Å². The van der Waals surface area contributed by atoms with E-state index in [0.29, 0.717) is 35.0 Å². The van der Waals surface area contributed by atoms with Gasteiger partial charge < -0.3 is 25.0 Å². The normalized spacial score (nSPS) is 15.8. The molecule has 29 heavy (non-hydrogen) atoms. The van der Waals surface area contributed by atoms with E-state index >= 15 is 0 Å². The Morgan fingerprint density at radius 1 is 1.03 bits per heavy atom. The van der Waals surface area contributed by atoms with Crippen molar-refractivity contribution in [1.82, 2.24) is 5.32 Å². The van der Waals surface area contributed by atoms with Gasteiger partial charge >= 0.3 is 6.03 Å². The second-order valence-electron chi connectivity index (χ2n) is 6.68. The zero-order valence-corrected chi connectivity index (χ0v) is 16.5. The molecule has 0 aliphatic carbocycles. The molecule has 0 radical (unpaired) electrons. The monoisotopic (exact) mass is 397 g/mol. The first kappa shape index (κ1) is 20.2. The molecule has 0 spiro atoms. The van der Waals surface area contributed by atoms with Crippen LogP contribution < -0.4 is 25.0 Å². The maximum absolute atomic E-state index is 12.4. The number of nitrogens with zero attached hydrogens (tertiary/aromatic N) is 1. The average Bonchev–Trinajstić information content (AvgIpc) is 3.07. The zero-order chi connectivity index (χ0) is 21.0. The molecule has 1 atom stereocenters. The Labute approximate surface area is 168 Å². The molecule has 1 fully saturated rings. The number of ether oxygens (including phenoxy) is 2. The highest BCUT2D eigenvalue weighted by Gasteiger charge is 2.32. The molecule has 3 rings (SSSR count). The summed E-state index contributed by atoms with van der Waals surface area (Å²) in [7, 11) is 3.08. The van der Waals surface area contributed by atoms with Crippen LogP contribution in [0.4, 0.5) is 16.2 Å². The molecule has 0 bridgehead atoms. The zero-order valence-electron chi connectivity index (χ0n) is 16.5. The van der Waals surface area contributed by atoms with Crippen molar-refractivity contribution in [2.24, 2.45) is 0 Å². The number of rotatable bonds is 6. The number of amides is 3. The number of carbonyl (C=O) groups excluding carboxylic acids is 3. The fourth-order valence-corrected chi connectivity index (χ4v) is 3.19. The van der Waals surface area contributed by atoms with Crippen molar-refractivity contribution in [2.45, 2.75) is 19.4 Å². The Morgan fingerprint density at radius 2 is 1.72 bits per heavy atom. The molecule has 2 aromatic carbocycles. The summed E-state index contributed by atoms with van der Waals surface area (Å²) in [6, 6.07) is 11.1. The molecule has 1 aliphatic rings. The molecular weight excluding hydrogens is 374 g/mol. The molecule has 1 saturated heterocycles. The number of carbonyl (C=O) groups is 3. The van der Waals surface area contributed by atoms with Crippen LogP contribution in [0.1, 0.15) is 23.7 Å². The van der Waals surface area contributed by atoms with Gasteiger partial charge in [-0.1, -0.05) is 0 Å². The van der Waals surface area contributed by atoms with Crippen molar-refractivity contribution in [3.8, 4) is 11.5 Å². The van der Waals surface area contributed by atoms with Crippen LogP contribution in [0.3, 0.4) is 0 Å². The van der Waals surface area contributed by atoms with Crippen LogP contribution in [0.5, 0.6) is 11.5 Å². The summed E-state index contributed by atoms with van der Waals surface area (Å²) in [4.78, 5) is 37.6. The topological polar surface area (TPSA) is 97.0 Å². The second kappa shape index (κ2) is 8.64. The van der Waals surface area contributed by atoms with Crippen molar-refractivity contribution in [1.29, 1.82) is 0 Å². The number of hydrogen-bond donors (Lipinski definition) is 2. The number of hydrogen-bond acceptors (Lipinski definition) is 5. The smallest absolute Gasteiger partial charge is 0.319 e. The van der Waals surface area contributed by atoms with Gasteiger partial charge in [-0.15, -0.1) is 0 Å². The highest BCUT2D eigenvalue weighted by atomic mass is 16.5. The lowest BCUT2D eigenvalue weighted by atomic mass is 10.1. The standard InChI is InChI=1S/C21H23N3O5/c1-13(25)14-4-6-15(7-5-14)22-21(27)23-16-10-20(26)24(12-16)17-8-9-18(28-2)19(11-17)29-3/h4-9,11,16H,10,12H2,1-3H3,(H2,22,23,27). The lowest BCUT2D eigenvalue weighted by Crippen LogP contribution is -2.39. The number of Topliss-reactive ketones (excluding diaryl/α,β-unsaturated/α-hetero) is 1. The third kappa shape index (κ3) is 4.66. The van der Waals surface area contributed by atoms with Crippen molar-refractivity contribution in [3.05, 3.63) is 48.0 Å². The Bertz CT molecular complexity index is 926. The fraction of sp³-hybridized carbons (Fsp3) is 0.286. The number of benzene rings is 2. The van der Waals surface area contributed by atoms with E-state index in [0.717, 1.165) is 0 Å². The Hall–Kier alpha value is -3.55. The lowest BCUT2D eigenvalue weighted by molar-refractivity contribution is -0.117. The summed E-state index contributed by atoms with van der Waals surface area (Å²) < 4.78 is 10.5. The molecule has 8 nitrogen and oxygen atoms in total. The Kier molecular flexibility index (Phi) is 6.01. The van der Waals surface area contributed by atoms with E-state index in [1.165, 1.54) is 14.0 Å². The van der Waals surface area contributed by atoms with Crippen LogP contribution in [-0.2, 0) is 4.79 Å². The van der Waals surface area contributed by atoms with Gasteiger partial charge in [0.1, 0.15) is 0 Å². The molecule has 1 unspecified atom stereocenters. The quantitative estimate of drug-likeness (QED) is 0.731. The molecular formula is C21H23N3O5. The number of ketones is 1. The molecule has 1 heterocycles. The van der Waals surface area contributed by atoms with E-state index < -0.39 is 6.03 Å². The van der Waals surface area contributed by atoms with E-state index in [1.807, 2.05) is 0 Å². The van der Waals surface area contributed by atoms with Crippen LogP contribution in [0, 0.1) is 0 Å². The number of anilines is 2. The Balaban J connectivity index is 1.61. The summed E-state index contributed by atoms with van der Waals surface area (Å²) in [6.45, 7) is 1.83. The molecule has 1 aliphatic heterocycles. The average molecular weight is 397 g/mol. The van der Waals surface area contributed by atoms with Gasteiger partial charge in [-0.25, -0.2) is 4.79 Å². The third-order valence-corrected chi connectivity index (χ3v) is 4.69. The van der Waals surface area contributed by atoms with Crippen molar-refractivity contribution in [2.75, 3.05) is 31.0 Å². The van der Waals surface area contributed by atoms with Crippen molar-refractivity contribution < 1.29 is 23.9 Å². The maximum atomic E-state index is 12.4. The number of urea groups is 1. The molecule has 0 saturated carbocycles. The largest absolute Gasteiger partial charge is 0.493 e. The summed E-state index contributed by atoms with van der Waals surface area (Å²) in [5.41, 5.74) is 1.81. The second-order valence-corrected chi connectivity index (χ2v) is 6.68. The van der Waals surface area contributed by atoms with E-state index in [9.17, 15) is 14.4 Å². The predicted octanol–water partition coefficient (Wildman–Crippen LogP) is 2.83. The molecule has 0 aromatic heterocycles. The molecule has 2 N–H and O–H groups in total. The first-order valence-corrected chi connectivity index (χ1v) is 9.12. The molecule has 152 valence electrons. The summed E-state index contributed by atoms with van der Waals surface area (Å²) in [5, 5.41) is 5.52. The van der Waals surface area contributed by atoms with E-state index in [4.69, 9.17) is 9.47 Å². The first-order chi connectivity index (χ1) is 13.9. The van der Waals surface area contributed by atoms with Gasteiger partial charge in [0.25, 0.3) is 0 Å². The predicted molar refractivity (Wildman–Crippen MR) is 109 cm³/mol. The molecule has 3 amide bonds. The van der Waals surface area contributed by atoms with Gasteiger partial charge in [-0.2, -0.15) is 0 Å². The number of nitrogens with one attached hydrogen (secondary N) is 2. The van der Waals surface area contributed by atoms with Gasteiger partial charge in [0.05, 0.1) is 20.3 Å². The lowest BCUT2D eigenvalue weighted by Gasteiger charge is -2.19. The van der Waals surface area contributed by atoms with E-state index in [-0.39, 0.29) is 24.2 Å². The highest BCUT2D eigenvalue weighted by molar-refractivity contribution is 5.98. The first-order valence-electron chi connectivity index (χ1n) is 9.12. The molecule has 8 heteroatoms. The fourth-order valence-electron chi connectivity index (χ4n) is 3.19. The summed E-state index contributed by atoms with van der Waals surface area (Å²) in [6.07, 6.45) is 0.199. The van der Waals surface area contributed by atoms with Gasteiger partial charge in [-0.05, 0) is 43.3 Å². The van der Waals surface area contributed by atoms with Gasteiger partial charge in [-0.3, -0.25) is 9.59 Å². The Morgan fingerprint density at radius 3 is 2.34 bits per heavy atom. The van der Waals surface area contributed by atoms with Crippen LogP contribution in [-0.4, -0.2) is 44.5 Å². The van der Waals surface area contributed by atoms with Crippen LogP contribution >= 0.6 is 0 Å². The van der Waals surface area contributed by atoms with Crippen LogP contribution in [0.15, 0.2) is 42.5 Å². The van der Waals surface area contributed by atoms with E-state index in [1.54, 1.807) is 54.5 Å². The van der Waals surface area contributed by atoms with Crippen molar-refractivity contribution >= 4 is 29.1 Å². The maximum Gasteiger partial charge on any atom is 0.319 e. The summed E-state index contributed by atoms with van der Waals surface area (Å²) in [5.74, 6) is 0.975. The minimum absolute atomic E-state index is 0.0410. The summed E-state index contributed by atoms with van der Waals surface area (Å²) >= 11 is 0. The number of methoxy groups -OCH3 is 2. The minimum Gasteiger partial charge on any atom is -0.493 e.